The zero-order valence-corrected chi connectivity index (χ0v) is 14.3. The average molecular weight is 350 g/mol. The summed E-state index contributed by atoms with van der Waals surface area (Å²) < 4.78 is 19.5. The molecule has 0 spiro atoms. The summed E-state index contributed by atoms with van der Waals surface area (Å²) in [6, 6.07) is 15.7. The van der Waals surface area contributed by atoms with E-state index < -0.39 is 5.82 Å². The van der Waals surface area contributed by atoms with Crippen LogP contribution in [0.4, 0.5) is 4.39 Å². The molecule has 5 heteroatoms. The van der Waals surface area contributed by atoms with Gasteiger partial charge in [0.1, 0.15) is 23.2 Å². The van der Waals surface area contributed by atoms with E-state index in [1.54, 1.807) is 23.2 Å². The number of piperidine rings is 1. The molecule has 0 radical (unpaired) electrons. The van der Waals surface area contributed by atoms with Crippen LogP contribution in [0.25, 0.3) is 10.9 Å². The molecule has 0 saturated carbocycles. The van der Waals surface area contributed by atoms with Crippen LogP contribution in [0, 0.1) is 5.82 Å². The molecule has 4 nitrogen and oxygen atoms in total. The lowest BCUT2D eigenvalue weighted by molar-refractivity contribution is 0.0597. The van der Waals surface area contributed by atoms with Crippen molar-refractivity contribution in [2.24, 2.45) is 0 Å². The quantitative estimate of drug-likeness (QED) is 0.715. The number of pyridine rings is 1. The summed E-state index contributed by atoms with van der Waals surface area (Å²) >= 11 is 0. The maximum absolute atomic E-state index is 13.3. The summed E-state index contributed by atoms with van der Waals surface area (Å²) in [5, 5.41) is 1.05. The van der Waals surface area contributed by atoms with E-state index >= 15 is 0 Å². The molecule has 0 N–H and O–H groups in total. The molecule has 0 unspecified atom stereocenters. The Morgan fingerprint density at radius 3 is 2.65 bits per heavy atom. The van der Waals surface area contributed by atoms with Crippen LogP contribution < -0.4 is 4.74 Å². The number of rotatable bonds is 3. The number of hydrogen-bond donors (Lipinski definition) is 0. The number of halogens is 1. The van der Waals surface area contributed by atoms with Crippen molar-refractivity contribution >= 4 is 16.8 Å². The van der Waals surface area contributed by atoms with E-state index in [1.807, 2.05) is 30.3 Å². The second-order valence-electron chi connectivity index (χ2n) is 6.45. The highest BCUT2D eigenvalue weighted by Gasteiger charge is 2.25. The molecule has 0 aliphatic carbocycles. The van der Waals surface area contributed by atoms with Gasteiger partial charge in [-0.1, -0.05) is 24.3 Å². The molecular formula is C21H19FN2O2. The number of carbonyl (C=O) groups is 1. The highest BCUT2D eigenvalue weighted by Crippen LogP contribution is 2.26. The Morgan fingerprint density at radius 1 is 1.08 bits per heavy atom. The smallest absolute Gasteiger partial charge is 0.253 e. The third kappa shape index (κ3) is 3.38. The summed E-state index contributed by atoms with van der Waals surface area (Å²) in [7, 11) is 0. The number of para-hydroxylation sites is 1. The molecule has 2 aromatic carbocycles. The van der Waals surface area contributed by atoms with Gasteiger partial charge in [0.05, 0.1) is 0 Å². The Balaban J connectivity index is 1.41. The zero-order valence-electron chi connectivity index (χ0n) is 14.3. The van der Waals surface area contributed by atoms with Gasteiger partial charge < -0.3 is 9.64 Å². The van der Waals surface area contributed by atoms with Crippen molar-refractivity contribution in [2.45, 2.75) is 18.9 Å². The minimum absolute atomic E-state index is 0.0409. The zero-order chi connectivity index (χ0) is 17.9. The van der Waals surface area contributed by atoms with Crippen LogP contribution in [-0.2, 0) is 0 Å². The second kappa shape index (κ2) is 7.12. The number of ether oxygens (including phenoxy) is 1. The van der Waals surface area contributed by atoms with Gasteiger partial charge in [0.2, 0.25) is 0 Å². The normalized spacial score (nSPS) is 15.2. The van der Waals surface area contributed by atoms with Crippen LogP contribution in [0.15, 0.2) is 60.8 Å². The van der Waals surface area contributed by atoms with Crippen LogP contribution in [0.1, 0.15) is 23.2 Å². The highest BCUT2D eigenvalue weighted by atomic mass is 19.1. The minimum atomic E-state index is -0.391. The van der Waals surface area contributed by atoms with E-state index in [0.29, 0.717) is 18.7 Å². The van der Waals surface area contributed by atoms with Gasteiger partial charge in [-0.3, -0.25) is 9.78 Å². The lowest BCUT2D eigenvalue weighted by Crippen LogP contribution is -2.41. The molecule has 1 aliphatic rings. The van der Waals surface area contributed by atoms with Gasteiger partial charge in [0.15, 0.2) is 0 Å². The van der Waals surface area contributed by atoms with Crippen molar-refractivity contribution in [3.05, 3.63) is 72.2 Å². The van der Waals surface area contributed by atoms with Gasteiger partial charge in [-0.15, -0.1) is 0 Å². The van der Waals surface area contributed by atoms with Crippen molar-refractivity contribution in [1.82, 2.24) is 9.88 Å². The second-order valence-corrected chi connectivity index (χ2v) is 6.45. The number of fused-ring (bicyclic) bond motifs is 1. The predicted octanol–water partition coefficient (Wildman–Crippen LogP) is 4.06. The van der Waals surface area contributed by atoms with Gasteiger partial charge >= 0.3 is 0 Å². The maximum Gasteiger partial charge on any atom is 0.253 e. The lowest BCUT2D eigenvalue weighted by Gasteiger charge is -2.32. The first-order valence-corrected chi connectivity index (χ1v) is 8.76. The summed E-state index contributed by atoms with van der Waals surface area (Å²) in [5.74, 6) is 0.255. The molecular weight excluding hydrogens is 331 g/mol. The SMILES string of the molecule is O=C(c1cccc(F)c1)N1CCC(Oc2cccc3cccnc23)CC1. The fourth-order valence-corrected chi connectivity index (χ4v) is 3.33. The molecule has 1 fully saturated rings. The number of nitrogens with zero attached hydrogens (tertiary/aromatic N) is 2. The fraction of sp³-hybridized carbons (Fsp3) is 0.238. The molecule has 0 atom stereocenters. The molecule has 1 aliphatic heterocycles. The topological polar surface area (TPSA) is 42.4 Å². The Morgan fingerprint density at radius 2 is 1.85 bits per heavy atom. The van der Waals surface area contributed by atoms with Gasteiger partial charge in [-0.05, 0) is 30.3 Å². The van der Waals surface area contributed by atoms with Crippen molar-refractivity contribution in [3.63, 3.8) is 0 Å². The van der Waals surface area contributed by atoms with E-state index in [4.69, 9.17) is 4.74 Å². The molecule has 132 valence electrons. The molecule has 3 aromatic rings. The average Bonchev–Trinajstić information content (AvgIpc) is 2.68. The Labute approximate surface area is 151 Å². The van der Waals surface area contributed by atoms with Gasteiger partial charge in [-0.2, -0.15) is 0 Å². The van der Waals surface area contributed by atoms with E-state index in [1.165, 1.54) is 12.1 Å². The van der Waals surface area contributed by atoms with Crippen molar-refractivity contribution in [1.29, 1.82) is 0 Å². The van der Waals surface area contributed by atoms with Crippen molar-refractivity contribution in [2.75, 3.05) is 13.1 Å². The summed E-state index contributed by atoms with van der Waals surface area (Å²) in [4.78, 5) is 18.7. The van der Waals surface area contributed by atoms with E-state index in [9.17, 15) is 9.18 Å². The third-order valence-electron chi connectivity index (χ3n) is 4.69. The number of carbonyl (C=O) groups excluding carboxylic acids is 1. The number of likely N-dealkylation sites (tertiary alicyclic amines) is 1. The van der Waals surface area contributed by atoms with Crippen LogP contribution in [0.5, 0.6) is 5.75 Å². The van der Waals surface area contributed by atoms with Gasteiger partial charge in [-0.25, -0.2) is 4.39 Å². The standard InChI is InChI=1S/C21H19FN2O2/c22-17-7-1-5-16(14-17)21(25)24-12-9-18(10-13-24)26-19-8-2-4-15-6-3-11-23-20(15)19/h1-8,11,14,18H,9-10,12-13H2. The Kier molecular flexibility index (Phi) is 4.52. The van der Waals surface area contributed by atoms with Crippen LogP contribution in [-0.4, -0.2) is 35.0 Å². The van der Waals surface area contributed by atoms with Crippen LogP contribution in [0.2, 0.25) is 0 Å². The summed E-state index contributed by atoms with van der Waals surface area (Å²) in [6.45, 7) is 1.19. The molecule has 4 rings (SSSR count). The number of hydrogen-bond acceptors (Lipinski definition) is 3. The number of aromatic nitrogens is 1. The number of amides is 1. The predicted molar refractivity (Wildman–Crippen MR) is 97.7 cm³/mol. The first-order valence-electron chi connectivity index (χ1n) is 8.76. The molecule has 0 bridgehead atoms. The monoisotopic (exact) mass is 350 g/mol. The van der Waals surface area contributed by atoms with Gasteiger partial charge in [0, 0.05) is 43.1 Å². The molecule has 26 heavy (non-hydrogen) atoms. The summed E-state index contributed by atoms with van der Waals surface area (Å²) in [5.41, 5.74) is 1.25. The van der Waals surface area contributed by atoms with Gasteiger partial charge in [0.25, 0.3) is 5.91 Å². The minimum Gasteiger partial charge on any atom is -0.488 e. The van der Waals surface area contributed by atoms with E-state index in [2.05, 4.69) is 4.98 Å². The highest BCUT2D eigenvalue weighted by molar-refractivity contribution is 5.94. The van der Waals surface area contributed by atoms with Crippen molar-refractivity contribution in [3.8, 4) is 5.75 Å². The summed E-state index contributed by atoms with van der Waals surface area (Å²) in [6.07, 6.45) is 3.28. The lowest BCUT2D eigenvalue weighted by atomic mass is 10.1. The van der Waals surface area contributed by atoms with Crippen LogP contribution >= 0.6 is 0 Å². The Bertz CT molecular complexity index is 931. The maximum atomic E-state index is 13.3. The van der Waals surface area contributed by atoms with Crippen LogP contribution in [0.3, 0.4) is 0 Å². The van der Waals surface area contributed by atoms with E-state index in [-0.39, 0.29) is 12.0 Å². The van der Waals surface area contributed by atoms with Crippen molar-refractivity contribution < 1.29 is 13.9 Å². The first kappa shape index (κ1) is 16.5. The van der Waals surface area contributed by atoms with E-state index in [0.717, 1.165) is 29.5 Å². The Hall–Kier alpha value is -2.95. The largest absolute Gasteiger partial charge is 0.488 e. The molecule has 1 aromatic heterocycles. The third-order valence-corrected chi connectivity index (χ3v) is 4.69. The molecule has 2 heterocycles. The number of benzene rings is 2. The molecule has 1 amide bonds. The fourth-order valence-electron chi connectivity index (χ4n) is 3.33. The molecule has 1 saturated heterocycles. The first-order chi connectivity index (χ1) is 12.7.